The lowest BCUT2D eigenvalue weighted by Gasteiger charge is -2.27. The number of halogens is 2. The monoisotopic (exact) mass is 427 g/mol. The Kier molecular flexibility index (Phi) is 7.69. The van der Waals surface area contributed by atoms with Crippen LogP contribution in [0.5, 0.6) is 0 Å². The van der Waals surface area contributed by atoms with Crippen LogP contribution in [0.4, 0.5) is 0 Å². The maximum atomic E-state index is 12.5. The number of fused-ring (bicyclic) bond motifs is 2. The summed E-state index contributed by atoms with van der Waals surface area (Å²) in [5.74, 6) is 1.28. The van der Waals surface area contributed by atoms with Crippen LogP contribution in [0.15, 0.2) is 29.6 Å². The summed E-state index contributed by atoms with van der Waals surface area (Å²) in [4.78, 5) is 17.0. The standard InChI is InChI=1S/C20H25N3OS.2ClH/c1-12-23-17(11-25-12)14-4-2-13(3-5-14)8-9-22-20(24)18-15-6-7-16(10-15)19(18)21;;/h2-5,11,15-16,18-19H,6-10,21H2,1H3,(H,22,24);2*1H. The third kappa shape index (κ3) is 4.65. The van der Waals surface area contributed by atoms with Gasteiger partial charge < -0.3 is 11.1 Å². The first-order valence-electron chi connectivity index (χ1n) is 9.16. The van der Waals surface area contributed by atoms with E-state index in [1.807, 2.05) is 6.92 Å². The van der Waals surface area contributed by atoms with Gasteiger partial charge in [-0.2, -0.15) is 0 Å². The fourth-order valence-corrected chi connectivity index (χ4v) is 5.13. The molecule has 7 heteroatoms. The minimum absolute atomic E-state index is 0. The van der Waals surface area contributed by atoms with Gasteiger partial charge in [-0.05, 0) is 50.0 Å². The zero-order valence-electron chi connectivity index (χ0n) is 15.4. The molecule has 4 unspecified atom stereocenters. The van der Waals surface area contributed by atoms with Crippen LogP contribution in [0.1, 0.15) is 29.8 Å². The highest BCUT2D eigenvalue weighted by Crippen LogP contribution is 2.47. The van der Waals surface area contributed by atoms with Gasteiger partial charge in [0.15, 0.2) is 0 Å². The number of aromatic nitrogens is 1. The number of rotatable bonds is 5. The third-order valence-corrected chi connectivity index (χ3v) is 6.64. The molecule has 0 spiro atoms. The van der Waals surface area contributed by atoms with Gasteiger partial charge in [-0.3, -0.25) is 4.79 Å². The molecule has 4 rings (SSSR count). The Hall–Kier alpha value is -1.14. The molecule has 148 valence electrons. The fourth-order valence-electron chi connectivity index (χ4n) is 4.51. The average Bonchev–Trinajstić information content (AvgIpc) is 3.31. The van der Waals surface area contributed by atoms with Gasteiger partial charge in [0, 0.05) is 23.5 Å². The molecule has 1 aromatic carbocycles. The number of hydrogen-bond donors (Lipinski definition) is 2. The molecule has 0 aliphatic heterocycles. The van der Waals surface area contributed by atoms with Crippen molar-refractivity contribution in [2.75, 3.05) is 6.54 Å². The van der Waals surface area contributed by atoms with Gasteiger partial charge in [0.2, 0.25) is 5.91 Å². The molecule has 0 radical (unpaired) electrons. The molecule has 4 atom stereocenters. The second kappa shape index (κ2) is 9.37. The normalized spacial score (nSPS) is 25.6. The lowest BCUT2D eigenvalue weighted by Crippen LogP contribution is -2.45. The second-order valence-corrected chi connectivity index (χ2v) is 8.49. The molecule has 1 amide bonds. The van der Waals surface area contributed by atoms with E-state index in [0.29, 0.717) is 18.4 Å². The zero-order valence-corrected chi connectivity index (χ0v) is 17.8. The zero-order chi connectivity index (χ0) is 17.4. The summed E-state index contributed by atoms with van der Waals surface area (Å²) in [7, 11) is 0. The predicted octanol–water partition coefficient (Wildman–Crippen LogP) is 3.99. The van der Waals surface area contributed by atoms with E-state index in [-0.39, 0.29) is 42.7 Å². The van der Waals surface area contributed by atoms with Gasteiger partial charge >= 0.3 is 0 Å². The van der Waals surface area contributed by atoms with E-state index in [4.69, 9.17) is 5.73 Å². The van der Waals surface area contributed by atoms with Crippen molar-refractivity contribution in [2.45, 2.75) is 38.6 Å². The van der Waals surface area contributed by atoms with Crippen LogP contribution in [0.2, 0.25) is 0 Å². The van der Waals surface area contributed by atoms with Crippen molar-refractivity contribution < 1.29 is 4.79 Å². The Morgan fingerprint density at radius 1 is 1.22 bits per heavy atom. The number of nitrogens with two attached hydrogens (primary N) is 1. The first kappa shape index (κ1) is 22.2. The molecule has 1 heterocycles. The average molecular weight is 428 g/mol. The van der Waals surface area contributed by atoms with Crippen molar-refractivity contribution in [2.24, 2.45) is 23.5 Å². The molecule has 2 saturated carbocycles. The Balaban J connectivity index is 0.00000131. The Labute approximate surface area is 177 Å². The summed E-state index contributed by atoms with van der Waals surface area (Å²) in [6, 6.07) is 8.54. The smallest absolute Gasteiger partial charge is 0.224 e. The van der Waals surface area contributed by atoms with Crippen molar-refractivity contribution in [1.82, 2.24) is 10.3 Å². The quantitative estimate of drug-likeness (QED) is 0.757. The van der Waals surface area contributed by atoms with E-state index in [9.17, 15) is 4.79 Å². The number of benzene rings is 1. The Morgan fingerprint density at radius 3 is 2.52 bits per heavy atom. The molecular formula is C20H27Cl2N3OS. The summed E-state index contributed by atoms with van der Waals surface area (Å²) < 4.78 is 0. The molecule has 1 aromatic heterocycles. The molecular weight excluding hydrogens is 401 g/mol. The number of nitrogens with zero attached hydrogens (tertiary/aromatic N) is 1. The topological polar surface area (TPSA) is 68.0 Å². The SMILES string of the molecule is Cc1nc(-c2ccc(CCNC(=O)C3C4CCC(C4)C3N)cc2)cs1.Cl.Cl. The summed E-state index contributed by atoms with van der Waals surface area (Å²) in [6.45, 7) is 2.70. The summed E-state index contributed by atoms with van der Waals surface area (Å²) in [5.41, 5.74) is 9.66. The molecule has 3 N–H and O–H groups in total. The van der Waals surface area contributed by atoms with E-state index >= 15 is 0 Å². The molecule has 4 nitrogen and oxygen atoms in total. The molecule has 2 bridgehead atoms. The van der Waals surface area contributed by atoms with Crippen LogP contribution in [-0.4, -0.2) is 23.5 Å². The third-order valence-electron chi connectivity index (χ3n) is 5.86. The maximum absolute atomic E-state index is 12.5. The van der Waals surface area contributed by atoms with Gasteiger partial charge in [0.1, 0.15) is 0 Å². The van der Waals surface area contributed by atoms with Crippen molar-refractivity contribution >= 4 is 42.1 Å². The predicted molar refractivity (Wildman–Crippen MR) is 116 cm³/mol. The molecule has 27 heavy (non-hydrogen) atoms. The maximum Gasteiger partial charge on any atom is 0.224 e. The molecule has 2 fully saturated rings. The first-order chi connectivity index (χ1) is 12.1. The highest BCUT2D eigenvalue weighted by atomic mass is 35.5. The highest BCUT2D eigenvalue weighted by molar-refractivity contribution is 7.09. The number of nitrogens with one attached hydrogen (secondary N) is 1. The Bertz CT molecular complexity index is 763. The van der Waals surface area contributed by atoms with E-state index in [1.54, 1.807) is 11.3 Å². The lowest BCUT2D eigenvalue weighted by atomic mass is 9.84. The van der Waals surface area contributed by atoms with Gasteiger partial charge in [0.05, 0.1) is 16.6 Å². The van der Waals surface area contributed by atoms with Gasteiger partial charge in [-0.15, -0.1) is 36.2 Å². The first-order valence-corrected chi connectivity index (χ1v) is 10.0. The van der Waals surface area contributed by atoms with Crippen molar-refractivity contribution in [3.8, 4) is 11.3 Å². The Morgan fingerprint density at radius 2 is 1.93 bits per heavy atom. The lowest BCUT2D eigenvalue weighted by molar-refractivity contribution is -0.127. The molecule has 2 aliphatic rings. The van der Waals surface area contributed by atoms with E-state index in [1.165, 1.54) is 18.4 Å². The van der Waals surface area contributed by atoms with Gasteiger partial charge in [-0.25, -0.2) is 4.98 Å². The van der Waals surface area contributed by atoms with Crippen LogP contribution in [0, 0.1) is 24.7 Å². The summed E-state index contributed by atoms with van der Waals surface area (Å²) in [6.07, 6.45) is 4.38. The molecule has 2 aromatic rings. The summed E-state index contributed by atoms with van der Waals surface area (Å²) >= 11 is 1.67. The van der Waals surface area contributed by atoms with Crippen LogP contribution in [0.3, 0.4) is 0 Å². The van der Waals surface area contributed by atoms with Gasteiger partial charge in [0.25, 0.3) is 0 Å². The van der Waals surface area contributed by atoms with Gasteiger partial charge in [-0.1, -0.05) is 24.3 Å². The van der Waals surface area contributed by atoms with Crippen molar-refractivity contribution in [1.29, 1.82) is 0 Å². The van der Waals surface area contributed by atoms with E-state index in [0.717, 1.165) is 29.1 Å². The second-order valence-electron chi connectivity index (χ2n) is 7.43. The number of amides is 1. The molecule has 2 aliphatic carbocycles. The number of hydrogen-bond acceptors (Lipinski definition) is 4. The fraction of sp³-hybridized carbons (Fsp3) is 0.500. The van der Waals surface area contributed by atoms with Crippen LogP contribution in [0.25, 0.3) is 11.3 Å². The van der Waals surface area contributed by atoms with Crippen molar-refractivity contribution in [3.63, 3.8) is 0 Å². The van der Waals surface area contributed by atoms with Crippen LogP contribution < -0.4 is 11.1 Å². The number of carbonyl (C=O) groups excluding carboxylic acids is 1. The number of carbonyl (C=O) groups is 1. The van der Waals surface area contributed by atoms with E-state index < -0.39 is 0 Å². The van der Waals surface area contributed by atoms with Crippen LogP contribution in [-0.2, 0) is 11.2 Å². The molecule has 0 saturated heterocycles. The summed E-state index contributed by atoms with van der Waals surface area (Å²) in [5, 5.41) is 6.28. The highest BCUT2D eigenvalue weighted by Gasteiger charge is 2.48. The minimum atomic E-state index is 0. The number of aryl methyl sites for hydroxylation is 1. The number of thiazole rings is 1. The minimum Gasteiger partial charge on any atom is -0.355 e. The van der Waals surface area contributed by atoms with E-state index in [2.05, 4.69) is 39.9 Å². The largest absolute Gasteiger partial charge is 0.355 e. The van der Waals surface area contributed by atoms with Crippen LogP contribution >= 0.6 is 36.2 Å². The van der Waals surface area contributed by atoms with Crippen molar-refractivity contribution in [3.05, 3.63) is 40.2 Å².